The average Bonchev–Trinajstić information content (AvgIpc) is 3.32. The highest BCUT2D eigenvalue weighted by atomic mass is 16.3. The summed E-state index contributed by atoms with van der Waals surface area (Å²) in [5.74, 6) is -1.56. The maximum absolute atomic E-state index is 11.3. The molecule has 138 valence electrons. The van der Waals surface area contributed by atoms with E-state index < -0.39 is 11.8 Å². The van der Waals surface area contributed by atoms with E-state index in [4.69, 9.17) is 10.2 Å². The fourth-order valence-electron chi connectivity index (χ4n) is 2.70. The van der Waals surface area contributed by atoms with Gasteiger partial charge in [0.25, 0.3) is 0 Å². The average molecular weight is 373 g/mol. The summed E-state index contributed by atoms with van der Waals surface area (Å²) in [4.78, 5) is 22.1. The molecule has 4 aromatic rings. The smallest absolute Gasteiger partial charge is 0.329 e. The predicted octanol–water partition coefficient (Wildman–Crippen LogP) is 2.22. The van der Waals surface area contributed by atoms with Gasteiger partial charge in [0.1, 0.15) is 11.3 Å². The SMILES string of the molecule is NC(=O)C(=O)N/N=C/c1cn(-c2ccccc2)nc1-c1cc2ccccc2o1. The van der Waals surface area contributed by atoms with E-state index in [1.54, 1.807) is 10.9 Å². The third-order valence-corrected chi connectivity index (χ3v) is 4.02. The van der Waals surface area contributed by atoms with E-state index >= 15 is 0 Å². The zero-order chi connectivity index (χ0) is 19.5. The molecule has 0 aliphatic carbocycles. The van der Waals surface area contributed by atoms with Crippen molar-refractivity contribution >= 4 is 29.0 Å². The quantitative estimate of drug-likeness (QED) is 0.324. The van der Waals surface area contributed by atoms with Crippen molar-refractivity contribution in [1.82, 2.24) is 15.2 Å². The van der Waals surface area contributed by atoms with Gasteiger partial charge in [-0.15, -0.1) is 0 Å². The molecule has 4 rings (SSSR count). The van der Waals surface area contributed by atoms with Crippen LogP contribution in [0.3, 0.4) is 0 Å². The zero-order valence-corrected chi connectivity index (χ0v) is 14.6. The van der Waals surface area contributed by atoms with Crippen molar-refractivity contribution in [3.63, 3.8) is 0 Å². The molecule has 8 heteroatoms. The van der Waals surface area contributed by atoms with Crippen molar-refractivity contribution in [2.24, 2.45) is 10.8 Å². The summed E-state index contributed by atoms with van der Waals surface area (Å²) in [5.41, 5.74) is 9.69. The fraction of sp³-hybridized carbons (Fsp3) is 0. The molecule has 28 heavy (non-hydrogen) atoms. The van der Waals surface area contributed by atoms with Crippen LogP contribution in [0.4, 0.5) is 0 Å². The molecule has 0 fully saturated rings. The fourth-order valence-corrected chi connectivity index (χ4v) is 2.70. The van der Waals surface area contributed by atoms with Gasteiger partial charge in [-0.3, -0.25) is 9.59 Å². The lowest BCUT2D eigenvalue weighted by Crippen LogP contribution is -2.32. The van der Waals surface area contributed by atoms with E-state index in [1.807, 2.05) is 60.7 Å². The highest BCUT2D eigenvalue weighted by molar-refractivity contribution is 6.34. The second kappa shape index (κ2) is 7.20. The summed E-state index contributed by atoms with van der Waals surface area (Å²) in [5, 5.41) is 9.34. The minimum Gasteiger partial charge on any atom is -0.454 e. The summed E-state index contributed by atoms with van der Waals surface area (Å²) >= 11 is 0. The molecule has 0 unspecified atom stereocenters. The molecule has 3 N–H and O–H groups in total. The van der Waals surface area contributed by atoms with Crippen LogP contribution in [0.5, 0.6) is 0 Å². The van der Waals surface area contributed by atoms with Gasteiger partial charge in [-0.05, 0) is 24.3 Å². The number of benzene rings is 2. The van der Waals surface area contributed by atoms with Gasteiger partial charge in [-0.1, -0.05) is 36.4 Å². The second-order valence-electron chi connectivity index (χ2n) is 5.93. The number of carbonyl (C=O) groups is 2. The van der Waals surface area contributed by atoms with Crippen LogP contribution in [0, 0.1) is 0 Å². The highest BCUT2D eigenvalue weighted by Crippen LogP contribution is 2.29. The molecule has 2 aromatic carbocycles. The first-order valence-corrected chi connectivity index (χ1v) is 8.39. The molecule has 0 radical (unpaired) electrons. The minimum atomic E-state index is -1.12. The number of furan rings is 1. The Morgan fingerprint density at radius 3 is 2.61 bits per heavy atom. The van der Waals surface area contributed by atoms with Crippen LogP contribution in [0.2, 0.25) is 0 Å². The number of hydrazone groups is 1. The maximum Gasteiger partial charge on any atom is 0.329 e. The third-order valence-electron chi connectivity index (χ3n) is 4.02. The molecule has 8 nitrogen and oxygen atoms in total. The van der Waals surface area contributed by atoms with Crippen molar-refractivity contribution in [2.75, 3.05) is 0 Å². The highest BCUT2D eigenvalue weighted by Gasteiger charge is 2.16. The summed E-state index contributed by atoms with van der Waals surface area (Å²) in [7, 11) is 0. The molecule has 0 atom stereocenters. The standard InChI is InChI=1S/C20H15N5O3/c21-19(26)20(27)23-22-11-14-12-25(15-7-2-1-3-8-15)24-18(14)17-10-13-6-4-5-9-16(13)28-17/h1-12H,(H2,21,26)(H,23,27)/b22-11+. The van der Waals surface area contributed by atoms with E-state index in [0.29, 0.717) is 17.0 Å². The van der Waals surface area contributed by atoms with Gasteiger partial charge in [0.05, 0.1) is 11.9 Å². The number of hydrogen-bond acceptors (Lipinski definition) is 5. The van der Waals surface area contributed by atoms with Crippen molar-refractivity contribution in [3.8, 4) is 17.1 Å². The van der Waals surface area contributed by atoms with Crippen molar-refractivity contribution < 1.29 is 14.0 Å². The number of fused-ring (bicyclic) bond motifs is 1. The number of hydrogen-bond donors (Lipinski definition) is 2. The number of amides is 2. The topological polar surface area (TPSA) is 116 Å². The van der Waals surface area contributed by atoms with E-state index in [2.05, 4.69) is 15.6 Å². The Labute approximate surface area is 159 Å². The molecule has 0 aliphatic rings. The summed E-state index contributed by atoms with van der Waals surface area (Å²) in [6, 6.07) is 19.0. The van der Waals surface area contributed by atoms with Gasteiger partial charge in [-0.2, -0.15) is 10.2 Å². The lowest BCUT2D eigenvalue weighted by atomic mass is 10.2. The molecular weight excluding hydrogens is 358 g/mol. The Balaban J connectivity index is 1.76. The molecule has 0 saturated heterocycles. The zero-order valence-electron chi connectivity index (χ0n) is 14.6. The monoisotopic (exact) mass is 373 g/mol. The van der Waals surface area contributed by atoms with E-state index in [9.17, 15) is 9.59 Å². The second-order valence-corrected chi connectivity index (χ2v) is 5.93. The largest absolute Gasteiger partial charge is 0.454 e. The first-order valence-electron chi connectivity index (χ1n) is 8.39. The molecule has 0 saturated carbocycles. The first kappa shape index (κ1) is 17.2. The van der Waals surface area contributed by atoms with Crippen LogP contribution in [-0.2, 0) is 9.59 Å². The van der Waals surface area contributed by atoms with Crippen molar-refractivity contribution in [3.05, 3.63) is 72.4 Å². The Morgan fingerprint density at radius 1 is 1.11 bits per heavy atom. The Bertz CT molecular complexity index is 1160. The third kappa shape index (κ3) is 3.38. The van der Waals surface area contributed by atoms with Gasteiger partial charge in [0.15, 0.2) is 5.76 Å². The predicted molar refractivity (Wildman–Crippen MR) is 104 cm³/mol. The van der Waals surface area contributed by atoms with Crippen LogP contribution in [-0.4, -0.2) is 27.8 Å². The van der Waals surface area contributed by atoms with Crippen molar-refractivity contribution in [1.29, 1.82) is 0 Å². The van der Waals surface area contributed by atoms with Crippen molar-refractivity contribution in [2.45, 2.75) is 0 Å². The Hall–Kier alpha value is -4.20. The van der Waals surface area contributed by atoms with Crippen LogP contribution in [0.25, 0.3) is 28.1 Å². The van der Waals surface area contributed by atoms with E-state index in [0.717, 1.165) is 16.7 Å². The van der Waals surface area contributed by atoms with Gasteiger partial charge in [0.2, 0.25) is 0 Å². The minimum absolute atomic E-state index is 0.539. The number of rotatable bonds is 4. The summed E-state index contributed by atoms with van der Waals surface area (Å²) in [6.45, 7) is 0. The lowest BCUT2D eigenvalue weighted by molar-refractivity contribution is -0.137. The first-order chi connectivity index (χ1) is 13.6. The number of aromatic nitrogens is 2. The van der Waals surface area contributed by atoms with Gasteiger partial charge in [0, 0.05) is 17.1 Å². The van der Waals surface area contributed by atoms with Crippen LogP contribution in [0.1, 0.15) is 5.56 Å². The summed E-state index contributed by atoms with van der Waals surface area (Å²) < 4.78 is 7.59. The Kier molecular flexibility index (Phi) is 4.43. The molecular formula is C20H15N5O3. The van der Waals surface area contributed by atoms with E-state index in [-0.39, 0.29) is 0 Å². The van der Waals surface area contributed by atoms with Gasteiger partial charge < -0.3 is 10.2 Å². The molecule has 2 heterocycles. The number of para-hydroxylation sites is 2. The van der Waals surface area contributed by atoms with Crippen LogP contribution >= 0.6 is 0 Å². The number of carbonyl (C=O) groups excluding carboxylic acids is 2. The summed E-state index contributed by atoms with van der Waals surface area (Å²) in [6.07, 6.45) is 3.13. The maximum atomic E-state index is 11.3. The van der Waals surface area contributed by atoms with E-state index in [1.165, 1.54) is 6.21 Å². The number of nitrogens with two attached hydrogens (primary N) is 1. The molecule has 0 spiro atoms. The molecule has 2 aromatic heterocycles. The molecule has 0 aliphatic heterocycles. The molecule has 2 amide bonds. The van der Waals surface area contributed by atoms with Gasteiger partial charge >= 0.3 is 11.8 Å². The normalized spacial score (nSPS) is 11.1. The van der Waals surface area contributed by atoms with Crippen LogP contribution in [0.15, 0.2) is 76.4 Å². The Morgan fingerprint density at radius 2 is 1.86 bits per heavy atom. The number of primary amides is 1. The molecule has 0 bridgehead atoms. The lowest BCUT2D eigenvalue weighted by Gasteiger charge is -1.98. The van der Waals surface area contributed by atoms with Crippen LogP contribution < -0.4 is 11.2 Å². The van der Waals surface area contributed by atoms with Gasteiger partial charge in [-0.25, -0.2) is 10.1 Å². The number of nitrogens with one attached hydrogen (secondary N) is 1. The number of nitrogens with zero attached hydrogens (tertiary/aromatic N) is 3.